The molecule has 0 saturated carbocycles. The molecular formula is C11H16N2O2. The molecule has 0 aliphatic heterocycles. The van der Waals surface area contributed by atoms with E-state index in [1.165, 1.54) is 0 Å². The van der Waals surface area contributed by atoms with Gasteiger partial charge in [-0.05, 0) is 32.4 Å². The number of hydrogen-bond donors (Lipinski definition) is 2. The lowest BCUT2D eigenvalue weighted by Crippen LogP contribution is -2.47. The molecule has 1 rings (SSSR count). The number of nitrogens with one attached hydrogen (secondary N) is 1. The molecule has 1 aromatic heterocycles. The molecule has 1 aromatic rings. The molecule has 4 heteroatoms. The largest absolute Gasteiger partial charge is 0.480 e. The van der Waals surface area contributed by atoms with Crippen LogP contribution in [0.15, 0.2) is 24.5 Å². The monoisotopic (exact) mass is 208 g/mol. The Bertz CT molecular complexity index is 336. The van der Waals surface area contributed by atoms with Crippen LogP contribution >= 0.6 is 0 Å². The van der Waals surface area contributed by atoms with E-state index in [0.29, 0.717) is 0 Å². The Kier molecular flexibility index (Phi) is 3.42. The number of pyridine rings is 1. The van der Waals surface area contributed by atoms with Crippen LogP contribution in [0.2, 0.25) is 0 Å². The highest BCUT2D eigenvalue weighted by atomic mass is 16.4. The second-order valence-electron chi connectivity index (χ2n) is 4.08. The second-order valence-corrected chi connectivity index (χ2v) is 4.08. The van der Waals surface area contributed by atoms with Crippen molar-refractivity contribution in [2.45, 2.75) is 32.4 Å². The van der Waals surface area contributed by atoms with Crippen LogP contribution in [-0.2, 0) is 4.79 Å². The van der Waals surface area contributed by atoms with E-state index in [0.717, 1.165) is 5.56 Å². The number of carboxylic acids is 1. The first-order chi connectivity index (χ1) is 6.93. The third-order valence-electron chi connectivity index (χ3n) is 2.30. The van der Waals surface area contributed by atoms with Crippen molar-refractivity contribution in [1.82, 2.24) is 10.3 Å². The lowest BCUT2D eigenvalue weighted by Gasteiger charge is -2.26. The van der Waals surface area contributed by atoms with Gasteiger partial charge in [-0.2, -0.15) is 0 Å². The normalized spacial score (nSPS) is 13.5. The van der Waals surface area contributed by atoms with Crippen molar-refractivity contribution in [2.75, 3.05) is 0 Å². The predicted molar refractivity (Wildman–Crippen MR) is 57.5 cm³/mol. The highest BCUT2D eigenvalue weighted by Gasteiger charge is 2.28. The van der Waals surface area contributed by atoms with Gasteiger partial charge in [-0.1, -0.05) is 6.07 Å². The van der Waals surface area contributed by atoms with Crippen LogP contribution in [0, 0.1) is 0 Å². The number of carboxylic acid groups (broad SMARTS) is 1. The zero-order valence-corrected chi connectivity index (χ0v) is 9.19. The van der Waals surface area contributed by atoms with Crippen LogP contribution in [0.25, 0.3) is 0 Å². The molecule has 0 aliphatic carbocycles. The van der Waals surface area contributed by atoms with E-state index in [9.17, 15) is 4.79 Å². The fourth-order valence-corrected chi connectivity index (χ4v) is 1.32. The Morgan fingerprint density at radius 3 is 2.73 bits per heavy atom. The molecule has 0 amide bonds. The summed E-state index contributed by atoms with van der Waals surface area (Å²) in [4.78, 5) is 14.9. The van der Waals surface area contributed by atoms with Gasteiger partial charge in [-0.15, -0.1) is 0 Å². The van der Waals surface area contributed by atoms with E-state index in [1.807, 2.05) is 19.1 Å². The summed E-state index contributed by atoms with van der Waals surface area (Å²) in [5, 5.41) is 12.0. The molecule has 1 heterocycles. The van der Waals surface area contributed by atoms with Gasteiger partial charge in [-0.3, -0.25) is 15.1 Å². The molecule has 0 fully saturated rings. The summed E-state index contributed by atoms with van der Waals surface area (Å²) in [6.45, 7) is 5.20. The summed E-state index contributed by atoms with van der Waals surface area (Å²) in [6.07, 6.45) is 3.42. The number of aliphatic carboxylic acids is 1. The number of hydrogen-bond acceptors (Lipinski definition) is 3. The maximum Gasteiger partial charge on any atom is 0.323 e. The number of rotatable bonds is 4. The van der Waals surface area contributed by atoms with E-state index >= 15 is 0 Å². The average Bonchev–Trinajstić information content (AvgIpc) is 2.18. The summed E-state index contributed by atoms with van der Waals surface area (Å²) in [6, 6.07) is 3.72. The molecule has 0 spiro atoms. The topological polar surface area (TPSA) is 62.2 Å². The smallest absolute Gasteiger partial charge is 0.323 e. The molecule has 2 N–H and O–H groups in total. The average molecular weight is 208 g/mol. The minimum absolute atomic E-state index is 0.0372. The summed E-state index contributed by atoms with van der Waals surface area (Å²) in [7, 11) is 0. The summed E-state index contributed by atoms with van der Waals surface area (Å²) in [5.41, 5.74) is 0.0433. The molecule has 0 radical (unpaired) electrons. The first-order valence-electron chi connectivity index (χ1n) is 4.84. The van der Waals surface area contributed by atoms with Crippen molar-refractivity contribution in [3.8, 4) is 0 Å². The van der Waals surface area contributed by atoms with Crippen molar-refractivity contribution in [2.24, 2.45) is 0 Å². The molecule has 82 valence electrons. The third kappa shape index (κ3) is 3.02. The summed E-state index contributed by atoms with van der Waals surface area (Å²) < 4.78 is 0. The van der Waals surface area contributed by atoms with Crippen molar-refractivity contribution in [3.05, 3.63) is 30.1 Å². The molecular weight excluding hydrogens is 192 g/mol. The van der Waals surface area contributed by atoms with E-state index in [-0.39, 0.29) is 6.04 Å². The highest BCUT2D eigenvalue weighted by Crippen LogP contribution is 2.15. The molecule has 1 atom stereocenters. The van der Waals surface area contributed by atoms with E-state index in [2.05, 4.69) is 10.3 Å². The Labute approximate surface area is 89.3 Å². The van der Waals surface area contributed by atoms with Gasteiger partial charge in [0.15, 0.2) is 0 Å². The molecule has 0 saturated heterocycles. The molecule has 1 unspecified atom stereocenters. The quantitative estimate of drug-likeness (QED) is 0.788. The molecule has 0 aromatic carbocycles. The van der Waals surface area contributed by atoms with Gasteiger partial charge >= 0.3 is 5.97 Å². The molecule has 0 aliphatic rings. The van der Waals surface area contributed by atoms with Crippen LogP contribution in [0.4, 0.5) is 0 Å². The fourth-order valence-electron chi connectivity index (χ4n) is 1.32. The lowest BCUT2D eigenvalue weighted by molar-refractivity contribution is -0.143. The van der Waals surface area contributed by atoms with Crippen molar-refractivity contribution in [1.29, 1.82) is 0 Å². The van der Waals surface area contributed by atoms with Gasteiger partial charge in [0, 0.05) is 18.4 Å². The molecule has 4 nitrogen and oxygen atoms in total. The van der Waals surface area contributed by atoms with Gasteiger partial charge in [0.1, 0.15) is 5.54 Å². The van der Waals surface area contributed by atoms with Crippen molar-refractivity contribution < 1.29 is 9.90 Å². The number of aromatic nitrogens is 1. The van der Waals surface area contributed by atoms with Crippen LogP contribution in [0.1, 0.15) is 32.4 Å². The molecule has 15 heavy (non-hydrogen) atoms. The van der Waals surface area contributed by atoms with Crippen molar-refractivity contribution in [3.63, 3.8) is 0 Å². The zero-order valence-electron chi connectivity index (χ0n) is 9.19. The Morgan fingerprint density at radius 1 is 1.60 bits per heavy atom. The standard InChI is InChI=1S/C11H16N2O2/c1-8(9-5-4-6-12-7-9)13-11(2,3)10(14)15/h4-8,13H,1-3H3,(H,14,15). The van der Waals surface area contributed by atoms with Gasteiger partial charge in [0.05, 0.1) is 0 Å². The van der Waals surface area contributed by atoms with E-state index in [1.54, 1.807) is 26.2 Å². The fraction of sp³-hybridized carbons (Fsp3) is 0.455. The maximum absolute atomic E-state index is 10.9. The Balaban J connectivity index is 2.72. The van der Waals surface area contributed by atoms with Gasteiger partial charge in [0.25, 0.3) is 0 Å². The third-order valence-corrected chi connectivity index (χ3v) is 2.30. The first kappa shape index (κ1) is 11.7. The zero-order chi connectivity index (χ0) is 11.5. The Hall–Kier alpha value is -1.42. The number of carbonyl (C=O) groups is 1. The Morgan fingerprint density at radius 2 is 2.27 bits per heavy atom. The van der Waals surface area contributed by atoms with Gasteiger partial charge < -0.3 is 5.11 Å². The summed E-state index contributed by atoms with van der Waals surface area (Å²) in [5.74, 6) is -0.863. The van der Waals surface area contributed by atoms with Gasteiger partial charge in [-0.25, -0.2) is 0 Å². The second kappa shape index (κ2) is 4.40. The van der Waals surface area contributed by atoms with Crippen LogP contribution in [0.3, 0.4) is 0 Å². The minimum Gasteiger partial charge on any atom is -0.480 e. The maximum atomic E-state index is 10.9. The van der Waals surface area contributed by atoms with Gasteiger partial charge in [0.2, 0.25) is 0 Å². The first-order valence-corrected chi connectivity index (χ1v) is 4.84. The van der Waals surface area contributed by atoms with Crippen molar-refractivity contribution >= 4 is 5.97 Å². The lowest BCUT2D eigenvalue weighted by atomic mass is 10.0. The SMILES string of the molecule is CC(NC(C)(C)C(=O)O)c1cccnc1. The highest BCUT2D eigenvalue weighted by molar-refractivity contribution is 5.77. The van der Waals surface area contributed by atoms with E-state index < -0.39 is 11.5 Å². The minimum atomic E-state index is -0.935. The van der Waals surface area contributed by atoms with Crippen LogP contribution in [-0.4, -0.2) is 21.6 Å². The summed E-state index contributed by atoms with van der Waals surface area (Å²) >= 11 is 0. The number of nitrogens with zero attached hydrogens (tertiary/aromatic N) is 1. The van der Waals surface area contributed by atoms with Crippen LogP contribution in [0.5, 0.6) is 0 Å². The van der Waals surface area contributed by atoms with E-state index in [4.69, 9.17) is 5.11 Å². The predicted octanol–water partition coefficient (Wildman–Crippen LogP) is 1.60. The van der Waals surface area contributed by atoms with Crippen LogP contribution < -0.4 is 5.32 Å². The molecule has 0 bridgehead atoms.